The molecule has 6 heteroatoms. The van der Waals surface area contributed by atoms with Gasteiger partial charge in [0.1, 0.15) is 17.6 Å². The van der Waals surface area contributed by atoms with E-state index in [0.29, 0.717) is 17.5 Å². The number of hydrogen-bond acceptors (Lipinski definition) is 4. The summed E-state index contributed by atoms with van der Waals surface area (Å²) < 4.78 is 13.5. The maximum Gasteiger partial charge on any atom is 0.254 e. The highest BCUT2D eigenvalue weighted by atomic mass is 19.1. The number of carbonyl (C=O) groups is 1. The monoisotopic (exact) mass is 311 g/mol. The third-order valence-corrected chi connectivity index (χ3v) is 3.89. The third kappa shape index (κ3) is 3.05. The molecule has 1 aromatic carbocycles. The Labute approximate surface area is 132 Å². The molecule has 0 spiro atoms. The lowest BCUT2D eigenvalue weighted by Gasteiger charge is -2.25. The van der Waals surface area contributed by atoms with Crippen LogP contribution in [0.5, 0.6) is 0 Å². The van der Waals surface area contributed by atoms with Gasteiger partial charge in [-0.2, -0.15) is 5.26 Å². The van der Waals surface area contributed by atoms with Crippen molar-refractivity contribution < 1.29 is 14.3 Å². The molecule has 1 N–H and O–H groups in total. The van der Waals surface area contributed by atoms with Crippen molar-refractivity contribution in [2.75, 3.05) is 6.54 Å². The van der Waals surface area contributed by atoms with Crippen molar-refractivity contribution in [3.05, 3.63) is 65.2 Å². The molecule has 0 bridgehead atoms. The Hall–Kier alpha value is -2.78. The van der Waals surface area contributed by atoms with Crippen molar-refractivity contribution >= 4 is 5.91 Å². The van der Waals surface area contributed by atoms with Gasteiger partial charge in [0.2, 0.25) is 0 Å². The van der Waals surface area contributed by atoms with Gasteiger partial charge in [-0.3, -0.25) is 4.79 Å². The van der Waals surface area contributed by atoms with Gasteiger partial charge in [0.05, 0.1) is 12.1 Å². The second-order valence-electron chi connectivity index (χ2n) is 5.46. The van der Waals surface area contributed by atoms with Crippen LogP contribution in [0.2, 0.25) is 0 Å². The first-order valence-corrected chi connectivity index (χ1v) is 7.19. The van der Waals surface area contributed by atoms with Gasteiger partial charge in [0, 0.05) is 18.3 Å². The number of benzene rings is 1. The zero-order valence-corrected chi connectivity index (χ0v) is 12.2. The molecular weight excluding hydrogens is 297 g/mol. The predicted octanol–water partition coefficient (Wildman–Crippen LogP) is 2.04. The number of carbonyl (C=O) groups excluding carboxylic acids is 1. The summed E-state index contributed by atoms with van der Waals surface area (Å²) in [6.45, 7) is 0.171. The van der Waals surface area contributed by atoms with Crippen LogP contribution in [-0.4, -0.2) is 33.5 Å². The fourth-order valence-electron chi connectivity index (χ4n) is 2.86. The second-order valence-corrected chi connectivity index (χ2v) is 5.46. The Balaban J connectivity index is 1.93. The largest absolute Gasteiger partial charge is 0.391 e. The van der Waals surface area contributed by atoms with E-state index >= 15 is 0 Å². The van der Waals surface area contributed by atoms with Crippen LogP contribution in [0.1, 0.15) is 34.1 Å². The number of rotatable bonds is 2. The Kier molecular flexibility index (Phi) is 4.04. The normalized spacial score (nSPS) is 20.3. The number of β-amino-alcohol motifs (C(OH)–C–C–N with tert-alkyl or cyclic N) is 1. The molecule has 3 rings (SSSR count). The Morgan fingerprint density at radius 3 is 2.96 bits per heavy atom. The van der Waals surface area contributed by atoms with Gasteiger partial charge in [0.25, 0.3) is 5.91 Å². The average molecular weight is 311 g/mol. The van der Waals surface area contributed by atoms with E-state index in [-0.39, 0.29) is 24.0 Å². The molecule has 116 valence electrons. The molecule has 1 saturated heterocycles. The van der Waals surface area contributed by atoms with Crippen LogP contribution in [0, 0.1) is 17.1 Å². The van der Waals surface area contributed by atoms with Gasteiger partial charge in [-0.15, -0.1) is 0 Å². The highest BCUT2D eigenvalue weighted by Gasteiger charge is 2.35. The van der Waals surface area contributed by atoms with E-state index in [1.54, 1.807) is 12.1 Å². The van der Waals surface area contributed by atoms with Crippen LogP contribution in [-0.2, 0) is 0 Å². The Morgan fingerprint density at radius 2 is 2.22 bits per heavy atom. The molecule has 1 amide bonds. The first-order valence-electron chi connectivity index (χ1n) is 7.19. The number of pyridine rings is 1. The lowest BCUT2D eigenvalue weighted by Crippen LogP contribution is -2.31. The Morgan fingerprint density at radius 1 is 1.39 bits per heavy atom. The fourth-order valence-corrected chi connectivity index (χ4v) is 2.86. The zero-order valence-electron chi connectivity index (χ0n) is 12.2. The van der Waals surface area contributed by atoms with Gasteiger partial charge in [-0.1, -0.05) is 12.1 Å². The molecule has 0 radical (unpaired) electrons. The molecular formula is C17H14FN3O2. The molecule has 0 unspecified atom stereocenters. The molecule has 0 aliphatic carbocycles. The number of aliphatic hydroxyl groups is 1. The number of nitrogens with zero attached hydrogens (tertiary/aromatic N) is 3. The van der Waals surface area contributed by atoms with Crippen LogP contribution in [0.15, 0.2) is 42.6 Å². The third-order valence-electron chi connectivity index (χ3n) is 3.89. The van der Waals surface area contributed by atoms with Gasteiger partial charge in [-0.05, 0) is 36.2 Å². The van der Waals surface area contributed by atoms with Gasteiger partial charge in [0.15, 0.2) is 0 Å². The van der Waals surface area contributed by atoms with Crippen LogP contribution in [0.4, 0.5) is 4.39 Å². The molecule has 1 aliphatic heterocycles. The first kappa shape index (κ1) is 15.1. The smallest absolute Gasteiger partial charge is 0.254 e. The van der Waals surface area contributed by atoms with Crippen molar-refractivity contribution in [1.82, 2.24) is 9.88 Å². The van der Waals surface area contributed by atoms with Crippen molar-refractivity contribution in [3.8, 4) is 6.07 Å². The number of likely N-dealkylation sites (tertiary alicyclic amines) is 1. The maximum absolute atomic E-state index is 13.5. The summed E-state index contributed by atoms with van der Waals surface area (Å²) in [6.07, 6.45) is 1.09. The van der Waals surface area contributed by atoms with Crippen LogP contribution >= 0.6 is 0 Å². The molecule has 23 heavy (non-hydrogen) atoms. The Bertz CT molecular complexity index is 787. The topological polar surface area (TPSA) is 77.2 Å². The molecule has 2 atom stereocenters. The van der Waals surface area contributed by atoms with E-state index in [4.69, 9.17) is 5.26 Å². The summed E-state index contributed by atoms with van der Waals surface area (Å²) in [6, 6.07) is 10.5. The van der Waals surface area contributed by atoms with Crippen molar-refractivity contribution in [2.45, 2.75) is 18.6 Å². The number of aliphatic hydroxyl groups excluding tert-OH is 1. The zero-order chi connectivity index (χ0) is 16.4. The average Bonchev–Trinajstić information content (AvgIpc) is 2.96. The van der Waals surface area contributed by atoms with Crippen LogP contribution < -0.4 is 0 Å². The summed E-state index contributed by atoms with van der Waals surface area (Å²) >= 11 is 0. The minimum Gasteiger partial charge on any atom is -0.391 e. The summed E-state index contributed by atoms with van der Waals surface area (Å²) in [5, 5.41) is 18.8. The number of amides is 1. The lowest BCUT2D eigenvalue weighted by molar-refractivity contribution is 0.0715. The fraction of sp³-hybridized carbons (Fsp3) is 0.235. The highest BCUT2D eigenvalue weighted by Crippen LogP contribution is 2.33. The van der Waals surface area contributed by atoms with Crippen molar-refractivity contribution in [2.24, 2.45) is 0 Å². The second kappa shape index (κ2) is 6.15. The molecule has 0 saturated carbocycles. The summed E-state index contributed by atoms with van der Waals surface area (Å²) in [5.41, 5.74) is 1.12. The molecule has 1 fully saturated rings. The summed E-state index contributed by atoms with van der Waals surface area (Å²) in [5.74, 6) is -0.693. The first-order chi connectivity index (χ1) is 11.1. The van der Waals surface area contributed by atoms with Crippen molar-refractivity contribution in [3.63, 3.8) is 0 Å². The van der Waals surface area contributed by atoms with E-state index in [1.807, 2.05) is 6.07 Å². The lowest BCUT2D eigenvalue weighted by atomic mass is 10.0. The van der Waals surface area contributed by atoms with Gasteiger partial charge >= 0.3 is 0 Å². The summed E-state index contributed by atoms with van der Waals surface area (Å²) in [4.78, 5) is 18.1. The van der Waals surface area contributed by atoms with E-state index in [0.717, 1.165) is 0 Å². The minimum atomic E-state index is -0.663. The minimum absolute atomic E-state index is 0.151. The molecule has 2 aromatic rings. The highest BCUT2D eigenvalue weighted by molar-refractivity contribution is 5.94. The van der Waals surface area contributed by atoms with Crippen LogP contribution in [0.3, 0.4) is 0 Å². The predicted molar refractivity (Wildman–Crippen MR) is 79.8 cm³/mol. The SMILES string of the molecule is N#Cc1cc(C(=O)N2C[C@@H](O)C[C@@H]2c2cccc(F)c2)ccn1. The van der Waals surface area contributed by atoms with Crippen molar-refractivity contribution in [1.29, 1.82) is 5.26 Å². The molecule has 1 aromatic heterocycles. The van der Waals surface area contributed by atoms with E-state index in [2.05, 4.69) is 4.98 Å². The van der Waals surface area contributed by atoms with Gasteiger partial charge < -0.3 is 10.0 Å². The number of nitriles is 1. The quantitative estimate of drug-likeness (QED) is 0.920. The van der Waals surface area contributed by atoms with E-state index < -0.39 is 12.1 Å². The summed E-state index contributed by atoms with van der Waals surface area (Å²) in [7, 11) is 0. The van der Waals surface area contributed by atoms with Crippen LogP contribution in [0.25, 0.3) is 0 Å². The molecule has 1 aliphatic rings. The molecule has 5 nitrogen and oxygen atoms in total. The van der Waals surface area contributed by atoms with E-state index in [1.165, 1.54) is 35.4 Å². The van der Waals surface area contributed by atoms with E-state index in [9.17, 15) is 14.3 Å². The number of hydrogen-bond donors (Lipinski definition) is 1. The number of aromatic nitrogens is 1. The number of halogens is 1. The molecule has 2 heterocycles. The maximum atomic E-state index is 13.5. The van der Waals surface area contributed by atoms with Gasteiger partial charge in [-0.25, -0.2) is 9.37 Å². The standard InChI is InChI=1S/C17H14FN3O2/c18-13-3-1-2-11(6-13)16-8-15(22)10-21(16)17(23)12-4-5-20-14(7-12)9-19/h1-7,15-16,22H,8,10H2/t15-,16+/m0/s1.